The van der Waals surface area contributed by atoms with Crippen molar-refractivity contribution in [1.82, 2.24) is 4.90 Å². The number of hydrogen-bond acceptors (Lipinski definition) is 3. The molecule has 2 N–H and O–H groups in total. The van der Waals surface area contributed by atoms with Crippen LogP contribution in [0.1, 0.15) is 84.5 Å². The van der Waals surface area contributed by atoms with Crippen molar-refractivity contribution in [1.29, 1.82) is 0 Å². The summed E-state index contributed by atoms with van der Waals surface area (Å²) in [5, 5.41) is 0. The smallest absolute Gasteiger partial charge is 0.103 e. The van der Waals surface area contributed by atoms with Crippen LogP contribution in [0.3, 0.4) is 0 Å². The molecule has 0 aromatic rings. The van der Waals surface area contributed by atoms with Gasteiger partial charge in [-0.15, -0.1) is 0 Å². The van der Waals surface area contributed by atoms with E-state index in [9.17, 15) is 0 Å². The van der Waals surface area contributed by atoms with Crippen LogP contribution in [0.4, 0.5) is 0 Å². The molecule has 2 atom stereocenters. The highest BCUT2D eigenvalue weighted by molar-refractivity contribution is 5.62. The van der Waals surface area contributed by atoms with Crippen molar-refractivity contribution in [2.45, 2.75) is 96.8 Å². The van der Waals surface area contributed by atoms with E-state index in [4.69, 9.17) is 5.73 Å². The van der Waals surface area contributed by atoms with E-state index in [-0.39, 0.29) is 6.17 Å². The fourth-order valence-corrected chi connectivity index (χ4v) is 3.02. The normalized spacial score (nSPS) is 20.2. The van der Waals surface area contributed by atoms with Crippen molar-refractivity contribution < 1.29 is 0 Å². The maximum absolute atomic E-state index is 5.96. The summed E-state index contributed by atoms with van der Waals surface area (Å²) in [6.45, 7) is 5.24. The molecule has 1 heterocycles. The quantitative estimate of drug-likeness (QED) is 0.389. The van der Waals surface area contributed by atoms with Crippen molar-refractivity contribution in [2.24, 2.45) is 10.7 Å². The Balaban J connectivity index is 1.89. The summed E-state index contributed by atoms with van der Waals surface area (Å²) in [5.41, 5.74) is 5.96. The number of rotatable bonds is 13. The van der Waals surface area contributed by atoms with Gasteiger partial charge in [0, 0.05) is 12.8 Å². The van der Waals surface area contributed by atoms with Crippen LogP contribution in [0.25, 0.3) is 0 Å². The number of aliphatic imine (C=N–C) groups is 1. The van der Waals surface area contributed by atoms with Crippen LogP contribution in [0.2, 0.25) is 0 Å². The van der Waals surface area contributed by atoms with Gasteiger partial charge in [0.05, 0.1) is 6.17 Å². The third-order valence-electron chi connectivity index (χ3n) is 4.45. The fraction of sp³-hybridized carbons (Fsp3) is 0.842. The zero-order valence-corrected chi connectivity index (χ0v) is 14.8. The lowest BCUT2D eigenvalue weighted by molar-refractivity contribution is 0.182. The van der Waals surface area contributed by atoms with E-state index in [0.29, 0.717) is 6.17 Å². The summed E-state index contributed by atoms with van der Waals surface area (Å²) in [6.07, 6.45) is 21.6. The van der Waals surface area contributed by atoms with Crippen LogP contribution >= 0.6 is 0 Å². The molecular weight excluding hydrogens is 270 g/mol. The summed E-state index contributed by atoms with van der Waals surface area (Å²) in [6, 6.07) is 0. The minimum Gasteiger partial charge on any atom is -0.316 e. The Hall–Kier alpha value is -0.670. The Morgan fingerprint density at radius 2 is 1.73 bits per heavy atom. The number of nitrogens with two attached hydrogens (primary N) is 1. The van der Waals surface area contributed by atoms with Crippen LogP contribution in [0, 0.1) is 0 Å². The van der Waals surface area contributed by atoms with E-state index in [1.807, 2.05) is 6.21 Å². The third kappa shape index (κ3) is 8.70. The van der Waals surface area contributed by atoms with Gasteiger partial charge in [0.25, 0.3) is 0 Å². The molecule has 1 aliphatic rings. The van der Waals surface area contributed by atoms with Gasteiger partial charge in [0.15, 0.2) is 0 Å². The standard InChI is InChI=1S/C19H37N3/c1-3-4-5-6-7-8-9-10-11-12-13-14-15-19-21-16-17-22(19)18(2)20/h8-9,16,18-19H,3-7,10-15,17,20H2,1-2H3/b9-8+. The van der Waals surface area contributed by atoms with E-state index in [1.165, 1.54) is 64.2 Å². The first-order chi connectivity index (χ1) is 10.8. The average Bonchev–Trinajstić information content (AvgIpc) is 2.97. The molecule has 0 fully saturated rings. The maximum atomic E-state index is 5.96. The Labute approximate surface area is 138 Å². The van der Waals surface area contributed by atoms with Crippen LogP contribution < -0.4 is 5.73 Å². The zero-order valence-electron chi connectivity index (χ0n) is 14.8. The molecule has 3 heteroatoms. The molecule has 0 saturated carbocycles. The minimum atomic E-state index is 0.120. The molecule has 2 unspecified atom stereocenters. The van der Waals surface area contributed by atoms with Gasteiger partial charge in [0.2, 0.25) is 0 Å². The Bertz CT molecular complexity index is 310. The number of hydrogen-bond donors (Lipinski definition) is 1. The van der Waals surface area contributed by atoms with Crippen molar-refractivity contribution in [3.63, 3.8) is 0 Å². The van der Waals surface area contributed by atoms with Crippen LogP contribution in [0.5, 0.6) is 0 Å². The molecule has 0 bridgehead atoms. The Kier molecular flexibility index (Phi) is 11.3. The molecule has 0 amide bonds. The second kappa shape index (κ2) is 12.8. The second-order valence-electron chi connectivity index (χ2n) is 6.56. The molecule has 22 heavy (non-hydrogen) atoms. The summed E-state index contributed by atoms with van der Waals surface area (Å²) >= 11 is 0. The second-order valence-corrected chi connectivity index (χ2v) is 6.56. The molecule has 0 radical (unpaired) electrons. The summed E-state index contributed by atoms with van der Waals surface area (Å²) < 4.78 is 0. The molecule has 1 aliphatic heterocycles. The largest absolute Gasteiger partial charge is 0.316 e. The van der Waals surface area contributed by atoms with Gasteiger partial charge in [-0.05, 0) is 45.4 Å². The van der Waals surface area contributed by atoms with Gasteiger partial charge in [-0.25, -0.2) is 0 Å². The molecule has 3 nitrogen and oxygen atoms in total. The summed E-state index contributed by atoms with van der Waals surface area (Å²) in [5.74, 6) is 0. The summed E-state index contributed by atoms with van der Waals surface area (Å²) in [4.78, 5) is 6.82. The minimum absolute atomic E-state index is 0.120. The van der Waals surface area contributed by atoms with E-state index >= 15 is 0 Å². The first kappa shape index (κ1) is 19.4. The van der Waals surface area contributed by atoms with E-state index in [2.05, 4.69) is 35.9 Å². The molecule has 0 saturated heterocycles. The lowest BCUT2D eigenvalue weighted by Crippen LogP contribution is -2.43. The van der Waals surface area contributed by atoms with Gasteiger partial charge < -0.3 is 5.73 Å². The number of unbranched alkanes of at least 4 members (excludes halogenated alkanes) is 8. The highest BCUT2D eigenvalue weighted by Gasteiger charge is 2.22. The molecule has 0 aromatic heterocycles. The first-order valence-corrected chi connectivity index (χ1v) is 9.43. The molecule has 0 spiro atoms. The number of nitrogens with zero attached hydrogens (tertiary/aromatic N) is 2. The van der Waals surface area contributed by atoms with Gasteiger partial charge in [-0.3, -0.25) is 9.89 Å². The average molecular weight is 308 g/mol. The van der Waals surface area contributed by atoms with Crippen molar-refractivity contribution in [3.8, 4) is 0 Å². The third-order valence-corrected chi connectivity index (χ3v) is 4.45. The SMILES string of the molecule is CCCCCC/C=C/CCCCCCC1N=CCN1C(C)N. The van der Waals surface area contributed by atoms with Gasteiger partial charge in [-0.2, -0.15) is 0 Å². The summed E-state index contributed by atoms with van der Waals surface area (Å²) in [7, 11) is 0. The van der Waals surface area contributed by atoms with Gasteiger partial charge >= 0.3 is 0 Å². The van der Waals surface area contributed by atoms with Gasteiger partial charge in [0.1, 0.15) is 6.17 Å². The Morgan fingerprint density at radius 1 is 1.09 bits per heavy atom. The highest BCUT2D eigenvalue weighted by atomic mass is 15.3. The van der Waals surface area contributed by atoms with Crippen molar-refractivity contribution in [3.05, 3.63) is 12.2 Å². The predicted molar refractivity (Wildman–Crippen MR) is 98.2 cm³/mol. The first-order valence-electron chi connectivity index (χ1n) is 9.43. The predicted octanol–water partition coefficient (Wildman–Crippen LogP) is 4.87. The van der Waals surface area contributed by atoms with E-state index in [0.717, 1.165) is 13.0 Å². The lowest BCUT2D eigenvalue weighted by atomic mass is 10.1. The highest BCUT2D eigenvalue weighted by Crippen LogP contribution is 2.16. The van der Waals surface area contributed by atoms with Crippen molar-refractivity contribution in [2.75, 3.05) is 6.54 Å². The van der Waals surface area contributed by atoms with Gasteiger partial charge in [-0.1, -0.05) is 51.2 Å². The topological polar surface area (TPSA) is 41.6 Å². The Morgan fingerprint density at radius 3 is 2.36 bits per heavy atom. The number of allylic oxidation sites excluding steroid dienone is 2. The molecule has 0 aliphatic carbocycles. The lowest BCUT2D eigenvalue weighted by Gasteiger charge is -2.26. The molecule has 128 valence electrons. The maximum Gasteiger partial charge on any atom is 0.103 e. The molecule has 1 rings (SSSR count). The van der Waals surface area contributed by atoms with Crippen LogP contribution in [-0.4, -0.2) is 30.0 Å². The van der Waals surface area contributed by atoms with E-state index in [1.54, 1.807) is 0 Å². The van der Waals surface area contributed by atoms with Crippen LogP contribution in [0.15, 0.2) is 17.1 Å². The fourth-order valence-electron chi connectivity index (χ4n) is 3.02. The van der Waals surface area contributed by atoms with Crippen molar-refractivity contribution >= 4 is 6.21 Å². The van der Waals surface area contributed by atoms with E-state index < -0.39 is 0 Å². The molecule has 0 aromatic carbocycles. The zero-order chi connectivity index (χ0) is 16.0. The molecular formula is C19H37N3. The monoisotopic (exact) mass is 307 g/mol. The van der Waals surface area contributed by atoms with Crippen LogP contribution in [-0.2, 0) is 0 Å².